The lowest BCUT2D eigenvalue weighted by Gasteiger charge is -2.30. The number of amides is 1. The smallest absolute Gasteiger partial charge is 0.257 e. The maximum absolute atomic E-state index is 12.8. The average molecular weight is 448 g/mol. The standard InChI is InChI=1S/C25H25N3O3S/c29-24(20-8-6-7-19(17-20)18-31-21-9-2-1-3-10-21)27-25(32)26-22-11-4-5-12-23(22)28-13-15-30-16-14-28/h1-12,17H,13-16,18H2,(H2,26,27,29,32). The molecule has 0 saturated carbocycles. The Morgan fingerprint density at radius 2 is 1.72 bits per heavy atom. The van der Waals surface area contributed by atoms with Crippen molar-refractivity contribution < 1.29 is 14.3 Å². The topological polar surface area (TPSA) is 62.8 Å². The first kappa shape index (κ1) is 21.8. The molecule has 6 nitrogen and oxygen atoms in total. The van der Waals surface area contributed by atoms with E-state index in [1.54, 1.807) is 6.07 Å². The number of thiocarbonyl (C=S) groups is 1. The average Bonchev–Trinajstić information content (AvgIpc) is 2.84. The van der Waals surface area contributed by atoms with E-state index >= 15 is 0 Å². The first-order chi connectivity index (χ1) is 15.7. The van der Waals surface area contributed by atoms with E-state index in [1.165, 1.54) is 0 Å². The number of hydrogen-bond donors (Lipinski definition) is 2. The molecule has 3 aromatic rings. The first-order valence-electron chi connectivity index (χ1n) is 10.5. The molecule has 1 aliphatic heterocycles. The van der Waals surface area contributed by atoms with E-state index in [9.17, 15) is 4.79 Å². The molecule has 1 saturated heterocycles. The summed E-state index contributed by atoms with van der Waals surface area (Å²) in [5.41, 5.74) is 3.31. The summed E-state index contributed by atoms with van der Waals surface area (Å²) < 4.78 is 11.2. The van der Waals surface area contributed by atoms with Crippen molar-refractivity contribution in [3.05, 3.63) is 90.0 Å². The minimum Gasteiger partial charge on any atom is -0.489 e. The Hall–Kier alpha value is -3.42. The number of carbonyl (C=O) groups excluding carboxylic acids is 1. The molecule has 0 aliphatic carbocycles. The number of rotatable bonds is 6. The minimum atomic E-state index is -0.270. The van der Waals surface area contributed by atoms with Gasteiger partial charge in [-0.15, -0.1) is 0 Å². The van der Waals surface area contributed by atoms with Crippen molar-refractivity contribution in [1.29, 1.82) is 0 Å². The number of ether oxygens (including phenoxy) is 2. The van der Waals surface area contributed by atoms with Crippen molar-refractivity contribution in [2.24, 2.45) is 0 Å². The summed E-state index contributed by atoms with van der Waals surface area (Å²) in [6.45, 7) is 3.39. The van der Waals surface area contributed by atoms with E-state index in [1.807, 2.05) is 72.8 Å². The third kappa shape index (κ3) is 5.84. The fraction of sp³-hybridized carbons (Fsp3) is 0.200. The van der Waals surface area contributed by atoms with Gasteiger partial charge in [-0.3, -0.25) is 10.1 Å². The van der Waals surface area contributed by atoms with Crippen LogP contribution in [-0.4, -0.2) is 37.3 Å². The molecular weight excluding hydrogens is 422 g/mol. The molecule has 1 heterocycles. The van der Waals surface area contributed by atoms with Crippen molar-refractivity contribution in [2.45, 2.75) is 6.61 Å². The van der Waals surface area contributed by atoms with Gasteiger partial charge in [0.25, 0.3) is 5.91 Å². The molecule has 164 valence electrons. The van der Waals surface area contributed by atoms with E-state index in [0.29, 0.717) is 25.4 Å². The van der Waals surface area contributed by atoms with Gasteiger partial charge in [-0.05, 0) is 54.2 Å². The summed E-state index contributed by atoms with van der Waals surface area (Å²) in [7, 11) is 0. The monoisotopic (exact) mass is 447 g/mol. The number of benzene rings is 3. The zero-order valence-electron chi connectivity index (χ0n) is 17.6. The highest BCUT2D eigenvalue weighted by Crippen LogP contribution is 2.26. The molecule has 0 aromatic heterocycles. The number of anilines is 2. The van der Waals surface area contributed by atoms with Crippen LogP contribution in [0.15, 0.2) is 78.9 Å². The lowest BCUT2D eigenvalue weighted by Crippen LogP contribution is -2.38. The summed E-state index contributed by atoms with van der Waals surface area (Å²) in [6, 6.07) is 24.8. The fourth-order valence-electron chi connectivity index (χ4n) is 3.47. The van der Waals surface area contributed by atoms with Crippen molar-refractivity contribution in [2.75, 3.05) is 36.5 Å². The van der Waals surface area contributed by atoms with Crippen LogP contribution in [0.25, 0.3) is 0 Å². The second-order valence-electron chi connectivity index (χ2n) is 7.33. The quantitative estimate of drug-likeness (QED) is 0.552. The van der Waals surface area contributed by atoms with Gasteiger partial charge in [0.1, 0.15) is 12.4 Å². The second-order valence-corrected chi connectivity index (χ2v) is 7.74. The number of nitrogens with zero attached hydrogens (tertiary/aromatic N) is 1. The highest BCUT2D eigenvalue weighted by atomic mass is 32.1. The van der Waals surface area contributed by atoms with E-state index in [0.717, 1.165) is 35.8 Å². The third-order valence-electron chi connectivity index (χ3n) is 5.07. The number of hydrogen-bond acceptors (Lipinski definition) is 5. The molecule has 0 atom stereocenters. The van der Waals surface area contributed by atoms with E-state index in [2.05, 4.69) is 15.5 Å². The van der Waals surface area contributed by atoms with Gasteiger partial charge in [-0.25, -0.2) is 0 Å². The first-order valence-corrected chi connectivity index (χ1v) is 10.9. The highest BCUT2D eigenvalue weighted by molar-refractivity contribution is 7.80. The molecule has 0 spiro atoms. The van der Waals surface area contributed by atoms with Gasteiger partial charge in [0.15, 0.2) is 5.11 Å². The van der Waals surface area contributed by atoms with Crippen LogP contribution in [0.1, 0.15) is 15.9 Å². The molecule has 0 unspecified atom stereocenters. The van der Waals surface area contributed by atoms with Gasteiger partial charge in [0, 0.05) is 18.7 Å². The van der Waals surface area contributed by atoms with Crippen LogP contribution >= 0.6 is 12.2 Å². The Balaban J connectivity index is 1.36. The molecule has 0 bridgehead atoms. The Kier molecular flexibility index (Phi) is 7.32. The lowest BCUT2D eigenvalue weighted by atomic mass is 10.1. The summed E-state index contributed by atoms with van der Waals surface area (Å²) >= 11 is 5.41. The zero-order chi connectivity index (χ0) is 22.2. The number of morpholine rings is 1. The molecule has 7 heteroatoms. The van der Waals surface area contributed by atoms with Crippen LogP contribution in [0.5, 0.6) is 5.75 Å². The lowest BCUT2D eigenvalue weighted by molar-refractivity contribution is 0.0977. The van der Waals surface area contributed by atoms with Crippen LogP contribution < -0.4 is 20.3 Å². The third-order valence-corrected chi connectivity index (χ3v) is 5.27. The summed E-state index contributed by atoms with van der Waals surface area (Å²) in [5, 5.41) is 6.19. The Bertz CT molecular complexity index is 1070. The molecule has 1 amide bonds. The Morgan fingerprint density at radius 1 is 0.969 bits per heavy atom. The van der Waals surface area contributed by atoms with Crippen molar-refractivity contribution in [3.8, 4) is 5.75 Å². The minimum absolute atomic E-state index is 0.252. The molecule has 1 fully saturated rings. The highest BCUT2D eigenvalue weighted by Gasteiger charge is 2.16. The molecule has 2 N–H and O–H groups in total. The van der Waals surface area contributed by atoms with Gasteiger partial charge in [0.05, 0.1) is 24.6 Å². The number of nitrogens with one attached hydrogen (secondary N) is 2. The van der Waals surface area contributed by atoms with E-state index in [4.69, 9.17) is 21.7 Å². The van der Waals surface area contributed by atoms with Crippen LogP contribution in [0.2, 0.25) is 0 Å². The van der Waals surface area contributed by atoms with Gasteiger partial charge >= 0.3 is 0 Å². The van der Waals surface area contributed by atoms with Crippen LogP contribution in [0, 0.1) is 0 Å². The summed E-state index contributed by atoms with van der Waals surface area (Å²) in [4.78, 5) is 15.0. The predicted molar refractivity (Wildman–Crippen MR) is 130 cm³/mol. The zero-order valence-corrected chi connectivity index (χ0v) is 18.4. The largest absolute Gasteiger partial charge is 0.489 e. The second kappa shape index (κ2) is 10.7. The van der Waals surface area contributed by atoms with E-state index < -0.39 is 0 Å². The van der Waals surface area contributed by atoms with Gasteiger partial charge < -0.3 is 19.7 Å². The maximum atomic E-state index is 12.8. The van der Waals surface area contributed by atoms with E-state index in [-0.39, 0.29) is 11.0 Å². The fourth-order valence-corrected chi connectivity index (χ4v) is 3.68. The van der Waals surface area contributed by atoms with Gasteiger partial charge in [0.2, 0.25) is 0 Å². The number of para-hydroxylation sites is 3. The number of carbonyl (C=O) groups is 1. The Labute approximate surface area is 193 Å². The summed E-state index contributed by atoms with van der Waals surface area (Å²) in [6.07, 6.45) is 0. The molecule has 0 radical (unpaired) electrons. The van der Waals surface area contributed by atoms with Crippen LogP contribution in [0.3, 0.4) is 0 Å². The van der Waals surface area contributed by atoms with Crippen molar-refractivity contribution in [1.82, 2.24) is 5.32 Å². The van der Waals surface area contributed by atoms with Gasteiger partial charge in [-0.2, -0.15) is 0 Å². The molecule has 1 aliphatic rings. The molecular formula is C25H25N3O3S. The molecule has 4 rings (SSSR count). The van der Waals surface area contributed by atoms with Crippen molar-refractivity contribution >= 4 is 34.6 Å². The SMILES string of the molecule is O=C(NC(=S)Nc1ccccc1N1CCOCC1)c1cccc(COc2ccccc2)c1. The molecule has 32 heavy (non-hydrogen) atoms. The van der Waals surface area contributed by atoms with Gasteiger partial charge in [-0.1, -0.05) is 42.5 Å². The normalized spacial score (nSPS) is 13.3. The maximum Gasteiger partial charge on any atom is 0.257 e. The predicted octanol–water partition coefficient (Wildman–Crippen LogP) is 4.23. The molecule has 3 aromatic carbocycles. The van der Waals surface area contributed by atoms with Crippen molar-refractivity contribution in [3.63, 3.8) is 0 Å². The Morgan fingerprint density at radius 3 is 2.53 bits per heavy atom. The van der Waals surface area contributed by atoms with Crippen LogP contribution in [0.4, 0.5) is 11.4 Å². The summed E-state index contributed by atoms with van der Waals surface area (Å²) in [5.74, 6) is 0.514. The van der Waals surface area contributed by atoms with Crippen LogP contribution in [-0.2, 0) is 11.3 Å².